The van der Waals surface area contributed by atoms with Gasteiger partial charge in [-0.15, -0.1) is 6.42 Å². The van der Waals surface area contributed by atoms with Crippen molar-refractivity contribution in [3.05, 3.63) is 58.9 Å². The van der Waals surface area contributed by atoms with Crippen LogP contribution in [0.15, 0.2) is 36.4 Å². The van der Waals surface area contributed by atoms with Crippen LogP contribution in [0.4, 0.5) is 10.1 Å². The van der Waals surface area contributed by atoms with E-state index in [-0.39, 0.29) is 23.3 Å². The van der Waals surface area contributed by atoms with Crippen molar-refractivity contribution in [3.8, 4) is 18.1 Å². The van der Waals surface area contributed by atoms with Gasteiger partial charge in [-0.1, -0.05) is 31.9 Å². The predicted octanol–water partition coefficient (Wildman–Crippen LogP) is 6.88. The lowest BCUT2D eigenvalue weighted by Gasteiger charge is -2.57. The smallest absolute Gasteiger partial charge is 0.299 e. The molecule has 0 spiro atoms. The van der Waals surface area contributed by atoms with Crippen LogP contribution in [-0.2, 0) is 11.2 Å². The fourth-order valence-electron chi connectivity index (χ4n) is 8.62. The van der Waals surface area contributed by atoms with E-state index in [9.17, 15) is 4.79 Å². The normalized spacial score (nSPS) is 31.0. The summed E-state index contributed by atoms with van der Waals surface area (Å²) < 4.78 is 21.6. The molecule has 1 N–H and O–H groups in total. The van der Waals surface area contributed by atoms with Gasteiger partial charge in [-0.25, -0.2) is 4.39 Å². The Labute approximate surface area is 226 Å². The fourth-order valence-corrected chi connectivity index (χ4v) is 8.62. The number of ether oxygens (including phenoxy) is 1. The number of nitrogens with zero attached hydrogens (tertiary/aromatic N) is 1. The number of carbonyl (C=O) groups is 1. The lowest BCUT2D eigenvalue weighted by molar-refractivity contribution is -0.130. The van der Waals surface area contributed by atoms with E-state index in [0.717, 1.165) is 59.6 Å². The van der Waals surface area contributed by atoms with E-state index in [1.54, 1.807) is 18.1 Å². The van der Waals surface area contributed by atoms with Crippen LogP contribution >= 0.6 is 0 Å². The van der Waals surface area contributed by atoms with Gasteiger partial charge in [0.2, 0.25) is 0 Å². The number of benzene rings is 2. The molecule has 5 heteroatoms. The van der Waals surface area contributed by atoms with Crippen molar-refractivity contribution in [2.24, 2.45) is 17.8 Å². The second-order valence-corrected chi connectivity index (χ2v) is 12.4. The molecule has 4 fully saturated rings. The second-order valence-electron chi connectivity index (χ2n) is 12.4. The number of methoxy groups -OCH3 is 1. The molecule has 0 radical (unpaired) electrons. The first-order chi connectivity index (χ1) is 18.4. The zero-order valence-corrected chi connectivity index (χ0v) is 22.6. The number of fused-ring (bicyclic) bond motifs is 1. The maximum Gasteiger partial charge on any atom is 0.299 e. The van der Waals surface area contributed by atoms with Crippen molar-refractivity contribution in [2.45, 2.75) is 88.8 Å². The number of carbonyl (C=O) groups excluding carboxylic acids is 1. The van der Waals surface area contributed by atoms with Crippen LogP contribution in [0.25, 0.3) is 0 Å². The Morgan fingerprint density at radius 2 is 1.79 bits per heavy atom. The molecule has 2 atom stereocenters. The molecule has 4 bridgehead atoms. The number of hydrogen-bond acceptors (Lipinski definition) is 3. The SMILES string of the molecule is C#CC(=O)N1[C@@H](CCCC)Cc2cc(OC)ccc2[C@@H]1c1ccc(NC23CC4CC(CC(C4)C2)C3)cc1F. The number of terminal acetylenes is 1. The van der Waals surface area contributed by atoms with Crippen LogP contribution in [0, 0.1) is 35.9 Å². The highest BCUT2D eigenvalue weighted by Crippen LogP contribution is 2.56. The summed E-state index contributed by atoms with van der Waals surface area (Å²) in [5, 5.41) is 3.80. The Bertz CT molecular complexity index is 1230. The molecule has 1 aliphatic heterocycles. The van der Waals surface area contributed by atoms with E-state index in [1.807, 2.05) is 30.3 Å². The maximum absolute atomic E-state index is 16.1. The molecule has 4 aliphatic carbocycles. The molecule has 1 amide bonds. The first kappa shape index (κ1) is 25.3. The third-order valence-electron chi connectivity index (χ3n) is 9.76. The first-order valence-corrected chi connectivity index (χ1v) is 14.4. The predicted molar refractivity (Wildman–Crippen MR) is 148 cm³/mol. The highest BCUT2D eigenvalue weighted by atomic mass is 19.1. The van der Waals surface area contributed by atoms with Crippen LogP contribution in [0.2, 0.25) is 0 Å². The van der Waals surface area contributed by atoms with E-state index in [1.165, 1.54) is 38.5 Å². The van der Waals surface area contributed by atoms with Gasteiger partial charge in [0.05, 0.1) is 13.2 Å². The lowest BCUT2D eigenvalue weighted by atomic mass is 9.53. The molecule has 0 unspecified atom stereocenters. The Balaban J connectivity index is 1.36. The minimum absolute atomic E-state index is 0.0904. The molecule has 5 aliphatic rings. The van der Waals surface area contributed by atoms with Crippen molar-refractivity contribution in [2.75, 3.05) is 12.4 Å². The molecule has 200 valence electrons. The van der Waals surface area contributed by atoms with Gasteiger partial charge in [-0.2, -0.15) is 0 Å². The summed E-state index contributed by atoms with van der Waals surface area (Å²) in [6.45, 7) is 2.14. The summed E-state index contributed by atoms with van der Waals surface area (Å²) in [6.07, 6.45) is 16.9. The van der Waals surface area contributed by atoms with Crippen LogP contribution in [0.5, 0.6) is 5.75 Å². The van der Waals surface area contributed by atoms with Crippen molar-refractivity contribution in [1.82, 2.24) is 4.90 Å². The van der Waals surface area contributed by atoms with Crippen LogP contribution in [0.1, 0.15) is 87.4 Å². The fraction of sp³-hybridized carbons (Fsp3) is 0.545. The van der Waals surface area contributed by atoms with Gasteiger partial charge in [0.1, 0.15) is 11.6 Å². The Morgan fingerprint density at radius 1 is 1.11 bits per heavy atom. The Hall–Kier alpha value is -3.00. The van der Waals surface area contributed by atoms with Gasteiger partial charge >= 0.3 is 0 Å². The molecule has 1 heterocycles. The molecule has 2 aromatic carbocycles. The molecule has 0 aromatic heterocycles. The Kier molecular flexibility index (Phi) is 6.62. The van der Waals surface area contributed by atoms with E-state index >= 15 is 4.39 Å². The van der Waals surface area contributed by atoms with Gasteiger partial charge in [-0.3, -0.25) is 4.79 Å². The molecule has 2 aromatic rings. The van der Waals surface area contributed by atoms with E-state index in [0.29, 0.717) is 12.0 Å². The minimum atomic E-state index is -0.566. The third kappa shape index (κ3) is 4.46. The molecule has 0 saturated heterocycles. The molecule has 4 saturated carbocycles. The highest BCUT2D eigenvalue weighted by molar-refractivity contribution is 5.94. The summed E-state index contributed by atoms with van der Waals surface area (Å²) >= 11 is 0. The number of anilines is 1. The van der Waals surface area contributed by atoms with Gasteiger partial charge in [0, 0.05) is 22.8 Å². The van der Waals surface area contributed by atoms with Crippen LogP contribution in [-0.4, -0.2) is 29.5 Å². The standard InChI is InChI=1S/C33H39FN2O2/c1-4-6-7-26-15-24-16-27(38-3)9-11-28(24)32(36(26)31(37)5-2)29-10-8-25(17-30(29)34)35-33-18-21-12-22(19-33)14-23(13-21)20-33/h2,8-11,16-17,21-23,26,32,35H,4,6-7,12-15,18-20H2,1,3H3/t21?,22?,23?,26-,32+,33?/m0/s1. The van der Waals surface area contributed by atoms with E-state index in [4.69, 9.17) is 11.2 Å². The average molecular weight is 515 g/mol. The quantitative estimate of drug-likeness (QED) is 0.410. The maximum atomic E-state index is 16.1. The van der Waals surface area contributed by atoms with Crippen LogP contribution < -0.4 is 10.1 Å². The summed E-state index contributed by atoms with van der Waals surface area (Å²) in [7, 11) is 1.65. The van der Waals surface area contributed by atoms with E-state index < -0.39 is 6.04 Å². The molecular formula is C33H39FN2O2. The number of rotatable bonds is 7. The van der Waals surface area contributed by atoms with Gasteiger partial charge in [0.15, 0.2) is 0 Å². The average Bonchev–Trinajstić information content (AvgIpc) is 2.89. The monoisotopic (exact) mass is 514 g/mol. The number of unbranched alkanes of at least 4 members (excludes halogenated alkanes) is 1. The third-order valence-corrected chi connectivity index (χ3v) is 9.76. The minimum Gasteiger partial charge on any atom is -0.497 e. The lowest BCUT2D eigenvalue weighted by Crippen LogP contribution is -2.54. The zero-order chi connectivity index (χ0) is 26.4. The summed E-state index contributed by atoms with van der Waals surface area (Å²) in [6, 6.07) is 10.7. The highest BCUT2D eigenvalue weighted by Gasteiger charge is 2.51. The van der Waals surface area contributed by atoms with Crippen molar-refractivity contribution < 1.29 is 13.9 Å². The van der Waals surface area contributed by atoms with Gasteiger partial charge in [0.25, 0.3) is 5.91 Å². The number of amides is 1. The van der Waals surface area contributed by atoms with Crippen molar-refractivity contribution in [3.63, 3.8) is 0 Å². The number of hydrogen-bond donors (Lipinski definition) is 1. The molecule has 7 rings (SSSR count). The first-order valence-electron chi connectivity index (χ1n) is 14.4. The van der Waals surface area contributed by atoms with Crippen LogP contribution in [0.3, 0.4) is 0 Å². The molecular weight excluding hydrogens is 475 g/mol. The topological polar surface area (TPSA) is 41.6 Å². The summed E-state index contributed by atoms with van der Waals surface area (Å²) in [4.78, 5) is 14.9. The number of nitrogens with one attached hydrogen (secondary N) is 1. The van der Waals surface area contributed by atoms with Crippen molar-refractivity contribution in [1.29, 1.82) is 0 Å². The number of halogens is 1. The van der Waals surface area contributed by atoms with Crippen molar-refractivity contribution >= 4 is 11.6 Å². The zero-order valence-electron chi connectivity index (χ0n) is 22.6. The second kappa shape index (κ2) is 9.95. The molecule has 4 nitrogen and oxygen atoms in total. The summed E-state index contributed by atoms with van der Waals surface area (Å²) in [5.41, 5.74) is 3.45. The largest absolute Gasteiger partial charge is 0.497 e. The van der Waals surface area contributed by atoms with Gasteiger partial charge < -0.3 is 15.0 Å². The van der Waals surface area contributed by atoms with E-state index in [2.05, 4.69) is 18.2 Å². The Morgan fingerprint density at radius 3 is 2.39 bits per heavy atom. The van der Waals surface area contributed by atoms with Gasteiger partial charge in [-0.05, 0) is 110 Å². The summed E-state index contributed by atoms with van der Waals surface area (Å²) in [5.74, 6) is 4.88. The molecule has 38 heavy (non-hydrogen) atoms.